The van der Waals surface area contributed by atoms with Crippen LogP contribution in [0.3, 0.4) is 0 Å². The Kier molecular flexibility index (Phi) is 4.33. The van der Waals surface area contributed by atoms with E-state index in [0.717, 1.165) is 32.2 Å². The van der Waals surface area contributed by atoms with E-state index < -0.39 is 0 Å². The zero-order valence-electron chi connectivity index (χ0n) is 12.0. The number of anilines is 2. The lowest BCUT2D eigenvalue weighted by Gasteiger charge is -2.34. The average Bonchev–Trinajstić information content (AvgIpc) is 3.28. The standard InChI is InChI=1S/C15H21ClN4O/c16-13-4-1-11(9-14(13)17)18-15(21)10-19-5-7-20(8-6-19)12-2-3-12/h1,4,9,12H,2-3,5-8,10,17H2,(H,18,21). The first-order valence-electron chi connectivity index (χ1n) is 7.43. The second-order valence-electron chi connectivity index (χ2n) is 5.83. The van der Waals surface area contributed by atoms with Gasteiger partial charge in [-0.25, -0.2) is 0 Å². The van der Waals surface area contributed by atoms with Gasteiger partial charge in [0.1, 0.15) is 0 Å². The maximum Gasteiger partial charge on any atom is 0.238 e. The van der Waals surface area contributed by atoms with Gasteiger partial charge in [0.2, 0.25) is 5.91 Å². The number of benzene rings is 1. The van der Waals surface area contributed by atoms with Crippen LogP contribution < -0.4 is 11.1 Å². The molecule has 0 spiro atoms. The summed E-state index contributed by atoms with van der Waals surface area (Å²) in [6.45, 7) is 4.51. The van der Waals surface area contributed by atoms with Crippen LogP contribution in [-0.4, -0.2) is 54.5 Å². The monoisotopic (exact) mass is 308 g/mol. The SMILES string of the molecule is Nc1cc(NC(=O)CN2CCN(C3CC3)CC2)ccc1Cl. The summed E-state index contributed by atoms with van der Waals surface area (Å²) in [5.74, 6) is -0.00315. The van der Waals surface area contributed by atoms with Crippen molar-refractivity contribution in [2.24, 2.45) is 0 Å². The number of carbonyl (C=O) groups excluding carboxylic acids is 1. The third kappa shape index (κ3) is 3.87. The number of nitrogens with zero attached hydrogens (tertiary/aromatic N) is 2. The van der Waals surface area contributed by atoms with Gasteiger partial charge in [0, 0.05) is 37.9 Å². The van der Waals surface area contributed by atoms with Crippen molar-refractivity contribution in [2.75, 3.05) is 43.8 Å². The highest BCUT2D eigenvalue weighted by Gasteiger charge is 2.31. The number of carbonyl (C=O) groups is 1. The van der Waals surface area contributed by atoms with Crippen LogP contribution in [0.1, 0.15) is 12.8 Å². The largest absolute Gasteiger partial charge is 0.397 e. The van der Waals surface area contributed by atoms with Gasteiger partial charge in [-0.15, -0.1) is 0 Å². The number of hydrogen-bond donors (Lipinski definition) is 2. The molecule has 2 aliphatic rings. The second kappa shape index (κ2) is 6.22. The van der Waals surface area contributed by atoms with E-state index in [1.807, 2.05) is 0 Å². The Hall–Kier alpha value is -1.30. The Morgan fingerprint density at radius 2 is 2.00 bits per heavy atom. The van der Waals surface area contributed by atoms with Gasteiger partial charge in [0.15, 0.2) is 0 Å². The number of piperazine rings is 1. The van der Waals surface area contributed by atoms with Crippen molar-refractivity contribution >= 4 is 28.9 Å². The molecule has 0 atom stereocenters. The highest BCUT2D eigenvalue weighted by molar-refractivity contribution is 6.33. The number of halogens is 1. The summed E-state index contributed by atoms with van der Waals surface area (Å²) >= 11 is 5.87. The Balaban J connectivity index is 1.46. The van der Waals surface area contributed by atoms with E-state index in [4.69, 9.17) is 17.3 Å². The fourth-order valence-corrected chi connectivity index (χ4v) is 2.87. The van der Waals surface area contributed by atoms with Gasteiger partial charge in [-0.2, -0.15) is 0 Å². The maximum atomic E-state index is 12.1. The molecule has 1 aliphatic carbocycles. The smallest absolute Gasteiger partial charge is 0.238 e. The molecule has 1 aromatic rings. The number of nitrogens with one attached hydrogen (secondary N) is 1. The highest BCUT2D eigenvalue weighted by atomic mass is 35.5. The summed E-state index contributed by atoms with van der Waals surface area (Å²) in [5, 5.41) is 3.37. The van der Waals surface area contributed by atoms with Gasteiger partial charge in [-0.1, -0.05) is 11.6 Å². The van der Waals surface area contributed by atoms with Crippen LogP contribution in [0, 0.1) is 0 Å². The molecular formula is C15H21ClN4O. The molecule has 1 saturated heterocycles. The molecule has 0 aromatic heterocycles. The summed E-state index contributed by atoms with van der Waals surface area (Å²) in [6, 6.07) is 5.96. The lowest BCUT2D eigenvalue weighted by Crippen LogP contribution is -2.49. The van der Waals surface area contributed by atoms with Crippen LogP contribution in [0.15, 0.2) is 18.2 Å². The third-order valence-corrected chi connectivity index (χ3v) is 4.46. The predicted octanol–water partition coefficient (Wildman–Crippen LogP) is 1.64. The summed E-state index contributed by atoms with van der Waals surface area (Å²) in [7, 11) is 0. The predicted molar refractivity (Wildman–Crippen MR) is 85.5 cm³/mol. The number of nitrogen functional groups attached to an aromatic ring is 1. The van der Waals surface area contributed by atoms with Crippen molar-refractivity contribution in [3.8, 4) is 0 Å². The number of rotatable bonds is 4. The van der Waals surface area contributed by atoms with Gasteiger partial charge in [-0.3, -0.25) is 14.6 Å². The molecule has 0 bridgehead atoms. The Morgan fingerprint density at radius 3 is 2.62 bits per heavy atom. The lowest BCUT2D eigenvalue weighted by molar-refractivity contribution is -0.117. The maximum absolute atomic E-state index is 12.1. The summed E-state index contributed by atoms with van der Waals surface area (Å²) in [6.07, 6.45) is 2.69. The molecule has 3 N–H and O–H groups in total. The average molecular weight is 309 g/mol. The molecule has 21 heavy (non-hydrogen) atoms. The van der Waals surface area contributed by atoms with Crippen LogP contribution >= 0.6 is 11.6 Å². The minimum absolute atomic E-state index is 0.00315. The molecule has 5 nitrogen and oxygen atoms in total. The Morgan fingerprint density at radius 1 is 1.29 bits per heavy atom. The molecule has 1 amide bonds. The van der Waals surface area contributed by atoms with E-state index in [1.165, 1.54) is 12.8 Å². The zero-order valence-corrected chi connectivity index (χ0v) is 12.8. The number of amides is 1. The van der Waals surface area contributed by atoms with E-state index in [9.17, 15) is 4.79 Å². The summed E-state index contributed by atoms with van der Waals surface area (Å²) in [5.41, 5.74) is 6.90. The van der Waals surface area contributed by atoms with E-state index in [2.05, 4.69) is 15.1 Å². The van der Waals surface area contributed by atoms with Crippen LogP contribution in [0.4, 0.5) is 11.4 Å². The molecule has 1 aliphatic heterocycles. The molecule has 3 rings (SSSR count). The highest BCUT2D eigenvalue weighted by Crippen LogP contribution is 2.27. The summed E-state index contributed by atoms with van der Waals surface area (Å²) in [4.78, 5) is 16.8. The molecule has 2 fully saturated rings. The van der Waals surface area contributed by atoms with E-state index >= 15 is 0 Å². The van der Waals surface area contributed by atoms with Gasteiger partial charge in [0.05, 0.1) is 17.3 Å². The number of hydrogen-bond acceptors (Lipinski definition) is 4. The molecule has 6 heteroatoms. The first kappa shape index (κ1) is 14.6. The van der Waals surface area contributed by atoms with Crippen LogP contribution in [0.25, 0.3) is 0 Å². The quantitative estimate of drug-likeness (QED) is 0.830. The van der Waals surface area contributed by atoms with Crippen LogP contribution in [-0.2, 0) is 4.79 Å². The molecule has 114 valence electrons. The third-order valence-electron chi connectivity index (χ3n) is 4.12. The van der Waals surface area contributed by atoms with Crippen molar-refractivity contribution in [1.29, 1.82) is 0 Å². The minimum atomic E-state index is -0.00315. The molecule has 1 saturated carbocycles. The Bertz CT molecular complexity index is 524. The van der Waals surface area contributed by atoms with Crippen LogP contribution in [0.2, 0.25) is 5.02 Å². The second-order valence-corrected chi connectivity index (χ2v) is 6.23. The van der Waals surface area contributed by atoms with Gasteiger partial charge in [0.25, 0.3) is 0 Å². The van der Waals surface area contributed by atoms with Gasteiger partial charge >= 0.3 is 0 Å². The topological polar surface area (TPSA) is 61.6 Å². The normalized spacial score (nSPS) is 20.4. The molecule has 0 radical (unpaired) electrons. The van der Waals surface area contributed by atoms with E-state index in [0.29, 0.717) is 22.9 Å². The van der Waals surface area contributed by atoms with Crippen molar-refractivity contribution in [2.45, 2.75) is 18.9 Å². The molecule has 1 heterocycles. The Labute approximate surface area is 130 Å². The first-order valence-corrected chi connectivity index (χ1v) is 7.81. The van der Waals surface area contributed by atoms with Gasteiger partial charge < -0.3 is 11.1 Å². The molecular weight excluding hydrogens is 288 g/mol. The van der Waals surface area contributed by atoms with Crippen molar-refractivity contribution in [1.82, 2.24) is 9.80 Å². The summed E-state index contributed by atoms with van der Waals surface area (Å²) < 4.78 is 0. The zero-order chi connectivity index (χ0) is 14.8. The van der Waals surface area contributed by atoms with Crippen LogP contribution in [0.5, 0.6) is 0 Å². The first-order chi connectivity index (χ1) is 10.1. The fraction of sp³-hybridized carbons (Fsp3) is 0.533. The van der Waals surface area contributed by atoms with Crippen molar-refractivity contribution < 1.29 is 4.79 Å². The van der Waals surface area contributed by atoms with Gasteiger partial charge in [-0.05, 0) is 31.0 Å². The molecule has 0 unspecified atom stereocenters. The molecule has 1 aromatic carbocycles. The number of nitrogens with two attached hydrogens (primary N) is 1. The van der Waals surface area contributed by atoms with Crippen molar-refractivity contribution in [3.63, 3.8) is 0 Å². The lowest BCUT2D eigenvalue weighted by atomic mass is 10.2. The fourth-order valence-electron chi connectivity index (χ4n) is 2.75. The minimum Gasteiger partial charge on any atom is -0.397 e. The van der Waals surface area contributed by atoms with E-state index in [1.54, 1.807) is 18.2 Å². The van der Waals surface area contributed by atoms with E-state index in [-0.39, 0.29) is 5.91 Å². The van der Waals surface area contributed by atoms with Crippen molar-refractivity contribution in [3.05, 3.63) is 23.2 Å².